The molecule has 110 valence electrons. The molecule has 0 unspecified atom stereocenters. The van der Waals surface area contributed by atoms with Crippen molar-refractivity contribution in [3.63, 3.8) is 0 Å². The molecule has 0 spiro atoms. The summed E-state index contributed by atoms with van der Waals surface area (Å²) in [5.41, 5.74) is 3.26. The number of pyridine rings is 1. The van der Waals surface area contributed by atoms with Gasteiger partial charge in [0.25, 0.3) is 0 Å². The zero-order valence-electron chi connectivity index (χ0n) is 12.0. The van der Waals surface area contributed by atoms with Gasteiger partial charge in [-0.2, -0.15) is 4.98 Å². The van der Waals surface area contributed by atoms with E-state index in [-0.39, 0.29) is 6.10 Å². The molecule has 0 aliphatic carbocycles. The quantitative estimate of drug-likeness (QED) is 0.743. The van der Waals surface area contributed by atoms with Gasteiger partial charge in [0.15, 0.2) is 0 Å². The highest BCUT2D eigenvalue weighted by Gasteiger charge is 2.23. The molecule has 2 aromatic heterocycles. The standard InChI is InChI=1S/C17H15N3O2/c1-2-6-13-12(5-1)8-10-21-15(13)11-16-19-17(20-22-16)14-7-3-4-9-18-14/h1-7,9,15H,8,10-11H2/t15-/m1/s1. The molecule has 0 saturated carbocycles. The van der Waals surface area contributed by atoms with Crippen LogP contribution in [0, 0.1) is 0 Å². The number of ether oxygens (including phenoxy) is 1. The van der Waals surface area contributed by atoms with E-state index in [9.17, 15) is 0 Å². The first kappa shape index (κ1) is 13.2. The van der Waals surface area contributed by atoms with Crippen LogP contribution in [-0.2, 0) is 17.6 Å². The van der Waals surface area contributed by atoms with Gasteiger partial charge in [-0.15, -0.1) is 0 Å². The summed E-state index contributed by atoms with van der Waals surface area (Å²) < 4.78 is 11.2. The van der Waals surface area contributed by atoms with Crippen molar-refractivity contribution in [2.75, 3.05) is 6.61 Å². The highest BCUT2D eigenvalue weighted by molar-refractivity contribution is 5.47. The van der Waals surface area contributed by atoms with Gasteiger partial charge >= 0.3 is 0 Å². The zero-order chi connectivity index (χ0) is 14.8. The number of fused-ring (bicyclic) bond motifs is 1. The highest BCUT2D eigenvalue weighted by atomic mass is 16.5. The summed E-state index contributed by atoms with van der Waals surface area (Å²) in [6, 6.07) is 14.0. The normalized spacial score (nSPS) is 17.2. The van der Waals surface area contributed by atoms with E-state index in [1.807, 2.05) is 24.3 Å². The first-order valence-electron chi connectivity index (χ1n) is 7.33. The van der Waals surface area contributed by atoms with Crippen molar-refractivity contribution in [3.8, 4) is 11.5 Å². The SMILES string of the molecule is c1ccc(-c2noc(C[C@H]3OCCc4ccccc43)n2)nc1. The third-order valence-corrected chi connectivity index (χ3v) is 3.81. The fraction of sp³-hybridized carbons (Fsp3) is 0.235. The van der Waals surface area contributed by atoms with E-state index in [2.05, 4.69) is 33.3 Å². The minimum atomic E-state index is -0.0259. The Bertz CT molecular complexity index is 770. The van der Waals surface area contributed by atoms with E-state index in [1.54, 1.807) is 6.20 Å². The van der Waals surface area contributed by atoms with Gasteiger partial charge < -0.3 is 9.26 Å². The van der Waals surface area contributed by atoms with Gasteiger partial charge in [0.2, 0.25) is 11.7 Å². The van der Waals surface area contributed by atoms with E-state index >= 15 is 0 Å². The predicted octanol–water partition coefficient (Wildman–Crippen LogP) is 2.99. The van der Waals surface area contributed by atoms with E-state index in [0.717, 1.165) is 13.0 Å². The van der Waals surface area contributed by atoms with Crippen molar-refractivity contribution in [1.82, 2.24) is 15.1 Å². The van der Waals surface area contributed by atoms with Crippen LogP contribution in [0.4, 0.5) is 0 Å². The van der Waals surface area contributed by atoms with Crippen LogP contribution in [0.25, 0.3) is 11.5 Å². The first-order valence-corrected chi connectivity index (χ1v) is 7.33. The largest absolute Gasteiger partial charge is 0.373 e. The molecule has 5 heteroatoms. The number of benzene rings is 1. The van der Waals surface area contributed by atoms with Crippen molar-refractivity contribution in [3.05, 3.63) is 65.7 Å². The molecule has 1 atom stereocenters. The maximum absolute atomic E-state index is 5.88. The summed E-state index contributed by atoms with van der Waals surface area (Å²) in [6.45, 7) is 0.725. The Morgan fingerprint density at radius 2 is 2.00 bits per heavy atom. The number of rotatable bonds is 3. The second kappa shape index (κ2) is 5.69. The Labute approximate surface area is 128 Å². The molecule has 1 aliphatic rings. The summed E-state index contributed by atoms with van der Waals surface area (Å²) in [6.07, 6.45) is 3.22. The van der Waals surface area contributed by atoms with Crippen LogP contribution in [0.1, 0.15) is 23.1 Å². The number of nitrogens with zero attached hydrogens (tertiary/aromatic N) is 3. The van der Waals surface area contributed by atoms with Crippen molar-refractivity contribution < 1.29 is 9.26 Å². The van der Waals surface area contributed by atoms with Gasteiger partial charge in [0.1, 0.15) is 5.69 Å². The van der Waals surface area contributed by atoms with Crippen molar-refractivity contribution >= 4 is 0 Å². The Balaban J connectivity index is 1.57. The van der Waals surface area contributed by atoms with Gasteiger partial charge in [-0.3, -0.25) is 4.98 Å². The molecule has 0 amide bonds. The Morgan fingerprint density at radius 3 is 2.91 bits per heavy atom. The van der Waals surface area contributed by atoms with E-state index in [1.165, 1.54) is 11.1 Å². The molecule has 3 aromatic rings. The van der Waals surface area contributed by atoms with Crippen LogP contribution in [0.3, 0.4) is 0 Å². The Hall–Kier alpha value is -2.53. The van der Waals surface area contributed by atoms with E-state index < -0.39 is 0 Å². The minimum Gasteiger partial charge on any atom is -0.373 e. The van der Waals surface area contributed by atoms with Gasteiger partial charge in [0, 0.05) is 6.20 Å². The molecule has 0 radical (unpaired) electrons. The van der Waals surface area contributed by atoms with Crippen molar-refractivity contribution in [2.45, 2.75) is 18.9 Å². The maximum Gasteiger partial charge on any atom is 0.229 e. The summed E-state index contributed by atoms with van der Waals surface area (Å²) in [5, 5.41) is 4.00. The number of aromatic nitrogens is 3. The minimum absolute atomic E-state index is 0.0259. The van der Waals surface area contributed by atoms with Crippen LogP contribution in [0.5, 0.6) is 0 Å². The molecule has 5 nitrogen and oxygen atoms in total. The van der Waals surface area contributed by atoms with Crippen LogP contribution in [0.2, 0.25) is 0 Å². The Kier molecular flexibility index (Phi) is 3.40. The summed E-state index contributed by atoms with van der Waals surface area (Å²) in [5.74, 6) is 1.09. The third-order valence-electron chi connectivity index (χ3n) is 3.81. The molecule has 4 rings (SSSR count). The van der Waals surface area contributed by atoms with E-state index in [0.29, 0.717) is 23.8 Å². The molecule has 0 fully saturated rings. The molecule has 22 heavy (non-hydrogen) atoms. The lowest BCUT2D eigenvalue weighted by Crippen LogP contribution is -2.18. The van der Waals surface area contributed by atoms with Gasteiger partial charge in [-0.25, -0.2) is 0 Å². The fourth-order valence-electron chi connectivity index (χ4n) is 2.74. The lowest BCUT2D eigenvalue weighted by atomic mass is 9.96. The second-order valence-electron chi connectivity index (χ2n) is 5.24. The summed E-state index contributed by atoms with van der Waals surface area (Å²) in [7, 11) is 0. The second-order valence-corrected chi connectivity index (χ2v) is 5.24. The summed E-state index contributed by atoms with van der Waals surface area (Å²) >= 11 is 0. The molecular weight excluding hydrogens is 278 g/mol. The number of hydrogen-bond acceptors (Lipinski definition) is 5. The monoisotopic (exact) mass is 293 g/mol. The maximum atomic E-state index is 5.88. The average Bonchev–Trinajstić information content (AvgIpc) is 3.05. The van der Waals surface area contributed by atoms with Gasteiger partial charge in [-0.1, -0.05) is 35.5 Å². The molecular formula is C17H15N3O2. The topological polar surface area (TPSA) is 61.0 Å². The molecule has 0 N–H and O–H groups in total. The fourth-order valence-corrected chi connectivity index (χ4v) is 2.74. The molecule has 0 bridgehead atoms. The van der Waals surface area contributed by atoms with Gasteiger partial charge in [0.05, 0.1) is 19.1 Å². The van der Waals surface area contributed by atoms with Crippen molar-refractivity contribution in [1.29, 1.82) is 0 Å². The third kappa shape index (κ3) is 2.51. The number of hydrogen-bond donors (Lipinski definition) is 0. The van der Waals surface area contributed by atoms with Crippen molar-refractivity contribution in [2.24, 2.45) is 0 Å². The van der Waals surface area contributed by atoms with Crippen LogP contribution >= 0.6 is 0 Å². The lowest BCUT2D eigenvalue weighted by Gasteiger charge is -2.24. The van der Waals surface area contributed by atoms with Crippen LogP contribution in [-0.4, -0.2) is 21.7 Å². The molecule has 3 heterocycles. The molecule has 1 aromatic carbocycles. The molecule has 0 saturated heterocycles. The summed E-state index contributed by atoms with van der Waals surface area (Å²) in [4.78, 5) is 8.66. The first-order chi connectivity index (χ1) is 10.9. The highest BCUT2D eigenvalue weighted by Crippen LogP contribution is 2.29. The molecule has 1 aliphatic heterocycles. The average molecular weight is 293 g/mol. The van der Waals surface area contributed by atoms with Gasteiger partial charge in [-0.05, 0) is 29.7 Å². The zero-order valence-corrected chi connectivity index (χ0v) is 12.0. The lowest BCUT2D eigenvalue weighted by molar-refractivity contribution is 0.0375. The van der Waals surface area contributed by atoms with Crippen LogP contribution in [0.15, 0.2) is 53.2 Å². The predicted molar refractivity (Wildman–Crippen MR) is 80.1 cm³/mol. The van der Waals surface area contributed by atoms with E-state index in [4.69, 9.17) is 9.26 Å². The van der Waals surface area contributed by atoms with Crippen LogP contribution < -0.4 is 0 Å². The Morgan fingerprint density at radius 1 is 1.09 bits per heavy atom. The smallest absolute Gasteiger partial charge is 0.229 e.